The van der Waals surface area contributed by atoms with Crippen LogP contribution >= 0.6 is 12.9 Å². The van der Waals surface area contributed by atoms with Crippen molar-refractivity contribution in [2.45, 2.75) is 0 Å². The summed E-state index contributed by atoms with van der Waals surface area (Å²) in [6.07, 6.45) is 0. The van der Waals surface area contributed by atoms with Gasteiger partial charge in [-0.2, -0.15) is 0 Å². The predicted molar refractivity (Wildman–Crippen MR) is 61.4 cm³/mol. The second-order valence-corrected chi connectivity index (χ2v) is 3.08. The lowest BCUT2D eigenvalue weighted by atomic mass is 10.1. The van der Waals surface area contributed by atoms with Gasteiger partial charge in [-0.1, -0.05) is 30.3 Å². The molecule has 0 radical (unpaired) electrons. The molecule has 0 saturated heterocycles. The van der Waals surface area contributed by atoms with Gasteiger partial charge in [-0.15, -0.1) is 0 Å². The van der Waals surface area contributed by atoms with E-state index in [0.717, 1.165) is 16.5 Å². The average Bonchev–Trinajstić information content (AvgIpc) is 2.27. The van der Waals surface area contributed by atoms with Gasteiger partial charge >= 0.3 is 0 Å². The van der Waals surface area contributed by atoms with Crippen molar-refractivity contribution in [2.24, 2.45) is 5.84 Å². The number of benzene rings is 2. The highest BCUT2D eigenvalue weighted by Crippen LogP contribution is 2.33. The van der Waals surface area contributed by atoms with Crippen LogP contribution in [0.25, 0.3) is 10.8 Å². The van der Waals surface area contributed by atoms with Gasteiger partial charge in [0.2, 0.25) is 0 Å². The second-order valence-electron chi connectivity index (χ2n) is 2.90. The molecule has 0 aliphatic carbocycles. The molecule has 0 saturated carbocycles. The van der Waals surface area contributed by atoms with Crippen molar-refractivity contribution >= 4 is 29.4 Å². The van der Waals surface area contributed by atoms with E-state index in [1.54, 1.807) is 0 Å². The number of hydrogen-bond acceptors (Lipinski definition) is 4. The molecule has 2 aromatic carbocycles. The van der Waals surface area contributed by atoms with Crippen LogP contribution in [0.3, 0.4) is 0 Å². The molecule has 0 bridgehead atoms. The van der Waals surface area contributed by atoms with E-state index in [4.69, 9.17) is 10.0 Å². The molecule has 0 atom stereocenters. The lowest BCUT2D eigenvalue weighted by molar-refractivity contribution is 0.669. The van der Waals surface area contributed by atoms with Gasteiger partial charge in [-0.05, 0) is 11.5 Å². The topological polar surface area (TPSA) is 47.3 Å². The van der Waals surface area contributed by atoms with Gasteiger partial charge in [-0.25, -0.2) is 0 Å². The van der Waals surface area contributed by atoms with Crippen molar-refractivity contribution in [1.82, 2.24) is 0 Å². The second kappa shape index (κ2) is 3.77. The zero-order valence-corrected chi connectivity index (χ0v) is 8.29. The highest BCUT2D eigenvalue weighted by molar-refractivity contribution is 7.75. The maximum absolute atomic E-state index is 5.35. The van der Waals surface area contributed by atoms with Gasteiger partial charge in [0.1, 0.15) is 0 Å². The summed E-state index contributed by atoms with van der Waals surface area (Å²) in [4.78, 5) is 0. The molecule has 0 unspecified atom stereocenters. The Morgan fingerprint density at radius 1 is 1.14 bits per heavy atom. The molecule has 0 heterocycles. The normalized spacial score (nSPS) is 10.1. The zero-order chi connectivity index (χ0) is 9.97. The quantitative estimate of drug-likeness (QED) is 0.306. The fourth-order valence-electron chi connectivity index (χ4n) is 1.46. The van der Waals surface area contributed by atoms with Crippen molar-refractivity contribution in [3.8, 4) is 5.75 Å². The number of nitrogens with two attached hydrogens (primary N) is 1. The Hall–Kier alpha value is -1.39. The third-order valence-corrected chi connectivity index (χ3v) is 2.31. The third-order valence-electron chi connectivity index (χ3n) is 2.13. The molecule has 2 aromatic rings. The summed E-state index contributed by atoms with van der Waals surface area (Å²) in [5.41, 5.74) is 3.29. The summed E-state index contributed by atoms with van der Waals surface area (Å²) in [7, 11) is 0. The number of hydrazine groups is 1. The van der Waals surface area contributed by atoms with Crippen LogP contribution in [-0.4, -0.2) is 0 Å². The summed E-state index contributed by atoms with van der Waals surface area (Å²) in [6.45, 7) is 0. The highest BCUT2D eigenvalue weighted by atomic mass is 32.1. The molecule has 3 N–H and O–H groups in total. The molecular weight excluding hydrogens is 196 g/mol. The first-order chi connectivity index (χ1) is 6.86. The summed E-state index contributed by atoms with van der Waals surface area (Å²) in [6, 6.07) is 11.7. The van der Waals surface area contributed by atoms with Gasteiger partial charge in [0.05, 0.1) is 5.69 Å². The van der Waals surface area contributed by atoms with Crippen LogP contribution in [-0.2, 0) is 0 Å². The van der Waals surface area contributed by atoms with Crippen LogP contribution in [0.1, 0.15) is 0 Å². The van der Waals surface area contributed by atoms with E-state index in [1.807, 2.05) is 36.4 Å². The Kier molecular flexibility index (Phi) is 2.47. The number of hydrogen-bond donors (Lipinski definition) is 3. The number of nitrogen functional groups attached to an aromatic ring is 1. The third kappa shape index (κ3) is 1.38. The predicted octanol–water partition coefficient (Wildman–Crippen LogP) is 2.35. The maximum Gasteiger partial charge on any atom is 0.169 e. The van der Waals surface area contributed by atoms with Crippen LogP contribution in [0.4, 0.5) is 5.69 Å². The van der Waals surface area contributed by atoms with Crippen LogP contribution in [0.5, 0.6) is 5.75 Å². The number of nitrogens with one attached hydrogen (secondary N) is 1. The van der Waals surface area contributed by atoms with E-state index in [-0.39, 0.29) is 0 Å². The van der Waals surface area contributed by atoms with Crippen molar-refractivity contribution in [1.29, 1.82) is 0 Å². The van der Waals surface area contributed by atoms with Crippen LogP contribution in [0.2, 0.25) is 0 Å². The molecule has 0 aliphatic heterocycles. The molecule has 14 heavy (non-hydrogen) atoms. The van der Waals surface area contributed by atoms with Crippen LogP contribution < -0.4 is 15.5 Å². The molecule has 0 aliphatic rings. The zero-order valence-electron chi connectivity index (χ0n) is 7.40. The average molecular weight is 206 g/mol. The lowest BCUT2D eigenvalue weighted by Gasteiger charge is -2.09. The fraction of sp³-hybridized carbons (Fsp3) is 0. The minimum absolute atomic E-state index is 0.647. The lowest BCUT2D eigenvalue weighted by Crippen LogP contribution is -2.07. The molecule has 0 amide bonds. The van der Waals surface area contributed by atoms with Crippen molar-refractivity contribution in [3.63, 3.8) is 0 Å². The first-order valence-corrected chi connectivity index (χ1v) is 4.53. The summed E-state index contributed by atoms with van der Waals surface area (Å²) < 4.78 is 5.00. The van der Waals surface area contributed by atoms with Crippen molar-refractivity contribution in [2.75, 3.05) is 5.43 Å². The van der Waals surface area contributed by atoms with E-state index < -0.39 is 0 Å². The van der Waals surface area contributed by atoms with E-state index in [2.05, 4.69) is 18.3 Å². The largest absolute Gasteiger partial charge is 0.426 e. The van der Waals surface area contributed by atoms with Gasteiger partial charge in [0.25, 0.3) is 0 Å². The minimum atomic E-state index is 0.647. The molecule has 4 heteroatoms. The van der Waals surface area contributed by atoms with E-state index in [9.17, 15) is 0 Å². The van der Waals surface area contributed by atoms with Crippen molar-refractivity contribution < 1.29 is 4.18 Å². The standard InChI is InChI=1S/C10H10N2OS/c11-12-9-6-5-7-3-1-2-4-8(7)10(9)13-14/h1-6,12,14H,11H2. The Morgan fingerprint density at radius 3 is 2.64 bits per heavy atom. The molecular formula is C10H10N2OS. The molecule has 0 aromatic heterocycles. The Morgan fingerprint density at radius 2 is 1.93 bits per heavy atom. The van der Waals surface area contributed by atoms with Crippen LogP contribution in [0.15, 0.2) is 36.4 Å². The Labute approximate surface area is 87.5 Å². The van der Waals surface area contributed by atoms with Gasteiger partial charge in [0.15, 0.2) is 5.75 Å². The first-order valence-electron chi connectivity index (χ1n) is 4.16. The number of rotatable bonds is 2. The summed E-state index contributed by atoms with van der Waals surface area (Å²) in [5.74, 6) is 6.00. The summed E-state index contributed by atoms with van der Waals surface area (Å²) >= 11 is 3.81. The molecule has 3 nitrogen and oxygen atoms in total. The van der Waals surface area contributed by atoms with E-state index in [0.29, 0.717) is 5.75 Å². The monoisotopic (exact) mass is 206 g/mol. The summed E-state index contributed by atoms with van der Waals surface area (Å²) in [5, 5.41) is 2.08. The fourth-order valence-corrected chi connectivity index (χ4v) is 1.65. The molecule has 2 rings (SSSR count). The number of anilines is 1. The number of fused-ring (bicyclic) bond motifs is 1. The Balaban J connectivity index is 2.77. The van der Waals surface area contributed by atoms with E-state index in [1.165, 1.54) is 0 Å². The Bertz CT molecular complexity index is 459. The van der Waals surface area contributed by atoms with Gasteiger partial charge in [0, 0.05) is 18.3 Å². The van der Waals surface area contributed by atoms with Gasteiger partial charge < -0.3 is 9.61 Å². The smallest absolute Gasteiger partial charge is 0.169 e. The van der Waals surface area contributed by atoms with Crippen LogP contribution in [0, 0.1) is 0 Å². The van der Waals surface area contributed by atoms with Gasteiger partial charge in [-0.3, -0.25) is 5.84 Å². The van der Waals surface area contributed by atoms with E-state index >= 15 is 0 Å². The first kappa shape index (κ1) is 9.18. The van der Waals surface area contributed by atoms with Crippen molar-refractivity contribution in [3.05, 3.63) is 36.4 Å². The highest BCUT2D eigenvalue weighted by Gasteiger charge is 2.06. The maximum atomic E-state index is 5.35. The minimum Gasteiger partial charge on any atom is -0.426 e. The SMILES string of the molecule is NNc1ccc2ccccc2c1OS. The molecule has 0 spiro atoms. The number of thiol groups is 1. The molecule has 0 fully saturated rings. The molecule has 72 valence electrons.